The van der Waals surface area contributed by atoms with Crippen LogP contribution in [-0.2, 0) is 49.4 Å². The van der Waals surface area contributed by atoms with Crippen LogP contribution in [0.3, 0.4) is 0 Å². The number of carbonyl (C=O) groups excluding carboxylic acids is 4. The number of hydrogen-bond donors (Lipinski definition) is 2. The lowest BCUT2D eigenvalue weighted by Crippen LogP contribution is -2.41. The zero-order chi connectivity index (χ0) is 52.6. The van der Waals surface area contributed by atoms with Crippen LogP contribution in [0.2, 0.25) is 0 Å². The molecule has 1 saturated heterocycles. The van der Waals surface area contributed by atoms with Crippen molar-refractivity contribution in [2.45, 2.75) is 65.0 Å². The van der Waals surface area contributed by atoms with Gasteiger partial charge in [-0.1, -0.05) is 91.0 Å². The number of benzene rings is 4. The summed E-state index contributed by atoms with van der Waals surface area (Å²) in [7, 11) is 2.75. The molecule has 0 amide bonds. The quantitative estimate of drug-likeness (QED) is 0.0332. The summed E-state index contributed by atoms with van der Waals surface area (Å²) in [6.07, 6.45) is 4.85. The Morgan fingerprint density at radius 2 is 1.15 bits per heavy atom. The normalized spacial score (nSPS) is 18.0. The number of nitrogens with one attached hydrogen (secondary N) is 2. The number of allylic oxidation sites excluding steroid dienone is 4. The average molecular weight is 998 g/mol. The van der Waals surface area contributed by atoms with E-state index < -0.39 is 45.6 Å². The highest BCUT2D eigenvalue weighted by Crippen LogP contribution is 2.42. The minimum atomic E-state index is -0.924. The molecule has 0 spiro atoms. The number of ether oxygens (including phenoxy) is 5. The molecule has 3 heterocycles. The number of nitro benzene ring substituents is 2. The maximum absolute atomic E-state index is 13.7. The number of nitro groups is 2. The topological polar surface area (TPSA) is 228 Å². The molecule has 73 heavy (non-hydrogen) atoms. The van der Waals surface area contributed by atoms with E-state index in [1.54, 1.807) is 52.0 Å². The number of likely N-dealkylation sites (tertiary alicyclic amines) is 1. The summed E-state index contributed by atoms with van der Waals surface area (Å²) < 4.78 is 26.8. The number of nitrogens with zero attached hydrogens (tertiary/aromatic N) is 3. The molecule has 7 rings (SSSR count). The van der Waals surface area contributed by atoms with Gasteiger partial charge in [-0.3, -0.25) is 25.1 Å². The zero-order valence-electron chi connectivity index (χ0n) is 41.6. The van der Waals surface area contributed by atoms with Crippen molar-refractivity contribution in [3.8, 4) is 0 Å². The lowest BCUT2D eigenvalue weighted by Gasteiger charge is -2.34. The van der Waals surface area contributed by atoms with Gasteiger partial charge < -0.3 is 34.3 Å². The third-order valence-corrected chi connectivity index (χ3v) is 12.3. The number of methoxy groups -OCH3 is 2. The van der Waals surface area contributed by atoms with Crippen molar-refractivity contribution in [3.05, 3.63) is 203 Å². The molecule has 0 saturated carbocycles. The van der Waals surface area contributed by atoms with E-state index in [1.807, 2.05) is 54.6 Å². The second kappa shape index (κ2) is 25.8. The van der Waals surface area contributed by atoms with Crippen LogP contribution in [0, 0.1) is 20.2 Å². The first kappa shape index (κ1) is 54.1. The third-order valence-electron chi connectivity index (χ3n) is 12.3. The molecule has 0 radical (unpaired) electrons. The van der Waals surface area contributed by atoms with Crippen LogP contribution in [0.5, 0.6) is 0 Å². The molecule has 382 valence electrons. The third kappa shape index (κ3) is 14.0. The summed E-state index contributed by atoms with van der Waals surface area (Å²) in [6.45, 7) is 9.32. The fraction of sp³-hybridized carbons (Fsp3) is 0.309. The van der Waals surface area contributed by atoms with Crippen molar-refractivity contribution < 1.29 is 52.7 Å². The van der Waals surface area contributed by atoms with E-state index in [1.165, 1.54) is 50.1 Å². The van der Waals surface area contributed by atoms with E-state index in [4.69, 9.17) is 23.7 Å². The Balaban J connectivity index is 0.000000238. The van der Waals surface area contributed by atoms with Crippen LogP contribution >= 0.6 is 0 Å². The molecule has 0 aliphatic carbocycles. The van der Waals surface area contributed by atoms with E-state index in [0.717, 1.165) is 31.5 Å². The average Bonchev–Trinajstić information content (AvgIpc) is 3.37. The molecule has 1 fully saturated rings. The molecule has 3 aliphatic heterocycles. The van der Waals surface area contributed by atoms with Crippen LogP contribution in [0.25, 0.3) is 6.08 Å². The van der Waals surface area contributed by atoms with Crippen LogP contribution in [0.1, 0.15) is 74.6 Å². The van der Waals surface area contributed by atoms with Gasteiger partial charge in [-0.05, 0) is 75.4 Å². The van der Waals surface area contributed by atoms with Gasteiger partial charge in [0.1, 0.15) is 19.3 Å². The number of non-ortho nitro benzene ring substituents is 2. The second-order valence-electron chi connectivity index (χ2n) is 17.4. The van der Waals surface area contributed by atoms with Crippen molar-refractivity contribution in [1.82, 2.24) is 15.5 Å². The molecular formula is C55H59N5O13. The minimum Gasteiger partial charge on any atom is -0.466 e. The van der Waals surface area contributed by atoms with Gasteiger partial charge in [0, 0.05) is 67.3 Å². The molecule has 0 bridgehead atoms. The van der Waals surface area contributed by atoms with E-state index in [-0.39, 0.29) is 59.6 Å². The lowest BCUT2D eigenvalue weighted by atomic mass is 9.80. The molecule has 1 unspecified atom stereocenters. The summed E-state index contributed by atoms with van der Waals surface area (Å²) in [5, 5.41) is 29.0. The van der Waals surface area contributed by atoms with Crippen LogP contribution in [0.4, 0.5) is 11.4 Å². The van der Waals surface area contributed by atoms with Crippen LogP contribution in [0.15, 0.2) is 160 Å². The molecule has 2 N–H and O–H groups in total. The van der Waals surface area contributed by atoms with Crippen LogP contribution in [-0.4, -0.2) is 91.9 Å². The molecule has 4 aromatic carbocycles. The Kier molecular flexibility index (Phi) is 19.1. The van der Waals surface area contributed by atoms with Gasteiger partial charge in [0.25, 0.3) is 11.4 Å². The first-order chi connectivity index (χ1) is 35.1. The Morgan fingerprint density at radius 1 is 0.644 bits per heavy atom. The molecule has 0 aromatic heterocycles. The minimum absolute atomic E-state index is 0.00246. The predicted molar refractivity (Wildman–Crippen MR) is 271 cm³/mol. The van der Waals surface area contributed by atoms with Gasteiger partial charge in [-0.2, -0.15) is 0 Å². The number of hydrogen-bond acceptors (Lipinski definition) is 16. The van der Waals surface area contributed by atoms with E-state index >= 15 is 0 Å². The van der Waals surface area contributed by atoms with E-state index in [2.05, 4.69) is 27.7 Å². The van der Waals surface area contributed by atoms with Crippen molar-refractivity contribution in [2.75, 3.05) is 47.1 Å². The summed E-state index contributed by atoms with van der Waals surface area (Å²) in [6, 6.07) is 31.5. The number of esters is 4. The fourth-order valence-corrected chi connectivity index (χ4v) is 9.04. The van der Waals surface area contributed by atoms with Crippen molar-refractivity contribution >= 4 is 41.3 Å². The SMILES string of the molecule is COC(=O)C1=C(C)NC(C)=C(C(=O)O[C@@H]2CCCN(Cc3ccccc3)C2)[C@@H]1c1cccc([N+](=O)[O-])c1.COCCOC(=O)C1=C(C)NC(C)=C(C(=O)OC/C=C/c2ccccc2)C1c1cccc([N+](=O)[O-])c1. The Morgan fingerprint density at radius 3 is 1.67 bits per heavy atom. The second-order valence-corrected chi connectivity index (χ2v) is 17.4. The maximum atomic E-state index is 13.7. The first-order valence-electron chi connectivity index (χ1n) is 23.6. The Hall–Kier alpha value is -8.22. The molecular weight excluding hydrogens is 939 g/mol. The number of dihydropyridines is 2. The summed E-state index contributed by atoms with van der Waals surface area (Å²) in [4.78, 5) is 77.0. The highest BCUT2D eigenvalue weighted by molar-refractivity contribution is 6.01. The Bertz CT molecular complexity index is 2860. The van der Waals surface area contributed by atoms with Crippen molar-refractivity contribution in [3.63, 3.8) is 0 Å². The van der Waals surface area contributed by atoms with Crippen molar-refractivity contribution in [1.29, 1.82) is 0 Å². The predicted octanol–water partition coefficient (Wildman–Crippen LogP) is 8.49. The van der Waals surface area contributed by atoms with Crippen LogP contribution < -0.4 is 10.6 Å². The first-order valence-corrected chi connectivity index (χ1v) is 23.6. The summed E-state index contributed by atoms with van der Waals surface area (Å²) in [5.74, 6) is -4.27. The number of carbonyl (C=O) groups is 4. The fourth-order valence-electron chi connectivity index (χ4n) is 9.04. The molecule has 3 atom stereocenters. The maximum Gasteiger partial charge on any atom is 0.337 e. The smallest absolute Gasteiger partial charge is 0.337 e. The molecule has 3 aliphatic rings. The molecule has 18 nitrogen and oxygen atoms in total. The zero-order valence-corrected chi connectivity index (χ0v) is 41.6. The highest BCUT2D eigenvalue weighted by atomic mass is 16.6. The van der Waals surface area contributed by atoms with Gasteiger partial charge in [-0.15, -0.1) is 0 Å². The monoisotopic (exact) mass is 997 g/mol. The van der Waals surface area contributed by atoms with E-state index in [0.29, 0.717) is 40.5 Å². The largest absolute Gasteiger partial charge is 0.466 e. The van der Waals surface area contributed by atoms with Gasteiger partial charge in [0.2, 0.25) is 0 Å². The van der Waals surface area contributed by atoms with Crippen molar-refractivity contribution in [2.24, 2.45) is 0 Å². The number of piperidine rings is 1. The standard InChI is InChI=1S/C28H31N3O6.C27H28N2O7/c1-18-24(27(32)36-3)26(21-11-7-12-22(15-21)31(34)35)25(19(2)29-18)28(33)37-23-13-8-14-30(17-23)16-20-9-5-4-6-10-20;1-18-23(26(30)35-14-8-11-20-9-5-4-6-10-20)25(21-12-7-13-22(17-21)29(32)33)24(19(2)28-18)27(31)36-16-15-34-3/h4-7,9-12,15,23,26,29H,8,13-14,16-17H2,1-3H3;4-13,17,25,28H,14-16H2,1-3H3/b;11-8+/t23-,26-;/m1./s1. The summed E-state index contributed by atoms with van der Waals surface area (Å²) in [5.41, 5.74) is 5.51. The Labute approximate surface area is 423 Å². The lowest BCUT2D eigenvalue weighted by molar-refractivity contribution is -0.385. The summed E-state index contributed by atoms with van der Waals surface area (Å²) >= 11 is 0. The highest BCUT2D eigenvalue weighted by Gasteiger charge is 2.41. The molecule has 4 aromatic rings. The molecule has 18 heteroatoms. The van der Waals surface area contributed by atoms with Gasteiger partial charge in [0.05, 0.1) is 57.7 Å². The van der Waals surface area contributed by atoms with Gasteiger partial charge in [0.15, 0.2) is 0 Å². The van der Waals surface area contributed by atoms with E-state index in [9.17, 15) is 39.4 Å². The van der Waals surface area contributed by atoms with Gasteiger partial charge in [-0.25, -0.2) is 19.2 Å². The number of rotatable bonds is 17. The van der Waals surface area contributed by atoms with Gasteiger partial charge >= 0.3 is 23.9 Å².